The molecule has 104 valence electrons. The van der Waals surface area contributed by atoms with Gasteiger partial charge in [0, 0.05) is 17.8 Å². The molecule has 0 aliphatic heterocycles. The Labute approximate surface area is 116 Å². The second-order valence-electron chi connectivity index (χ2n) is 6.42. The third kappa shape index (κ3) is 2.60. The third-order valence-electron chi connectivity index (χ3n) is 5.06. The molecule has 1 aromatic rings. The Bertz CT molecular complexity index is 457. The van der Waals surface area contributed by atoms with Crippen molar-refractivity contribution in [2.24, 2.45) is 17.8 Å². The average Bonchev–Trinajstić information content (AvgIpc) is 3.00. The highest BCUT2D eigenvalue weighted by atomic mass is 15.0. The van der Waals surface area contributed by atoms with Gasteiger partial charge in [-0.15, -0.1) is 0 Å². The summed E-state index contributed by atoms with van der Waals surface area (Å²) in [5, 5.41) is 3.63. The van der Waals surface area contributed by atoms with Gasteiger partial charge in [0.25, 0.3) is 0 Å². The van der Waals surface area contributed by atoms with Gasteiger partial charge < -0.3 is 5.32 Å². The number of nitrogens with one attached hydrogen (secondary N) is 1. The lowest BCUT2D eigenvalue weighted by atomic mass is 9.84. The summed E-state index contributed by atoms with van der Waals surface area (Å²) in [6, 6.07) is 2.64. The van der Waals surface area contributed by atoms with Gasteiger partial charge in [-0.1, -0.05) is 13.3 Å². The van der Waals surface area contributed by atoms with Gasteiger partial charge in [-0.3, -0.25) is 0 Å². The Kier molecular flexibility index (Phi) is 3.46. The van der Waals surface area contributed by atoms with Crippen molar-refractivity contribution in [1.82, 2.24) is 9.97 Å². The van der Waals surface area contributed by atoms with E-state index in [2.05, 4.69) is 35.2 Å². The van der Waals surface area contributed by atoms with Crippen LogP contribution in [0.15, 0.2) is 6.07 Å². The molecule has 1 heterocycles. The minimum Gasteiger partial charge on any atom is -0.367 e. The fraction of sp³-hybridized carbons (Fsp3) is 0.750. The molecule has 2 bridgehead atoms. The SMILES string of the molecule is CCc1cc(NC(C)C2CC3CCC2C3)nc(C)n1. The minimum atomic E-state index is 0.536. The summed E-state index contributed by atoms with van der Waals surface area (Å²) < 4.78 is 0. The number of nitrogens with zero attached hydrogens (tertiary/aromatic N) is 2. The van der Waals surface area contributed by atoms with E-state index in [1.54, 1.807) is 0 Å². The zero-order chi connectivity index (χ0) is 13.4. The Morgan fingerprint density at radius 2 is 2.16 bits per heavy atom. The van der Waals surface area contributed by atoms with Crippen molar-refractivity contribution in [3.05, 3.63) is 17.6 Å². The van der Waals surface area contributed by atoms with Crippen molar-refractivity contribution in [2.45, 2.75) is 58.9 Å². The van der Waals surface area contributed by atoms with E-state index in [-0.39, 0.29) is 0 Å². The molecule has 3 heteroatoms. The normalized spacial score (nSPS) is 30.6. The standard InChI is InChI=1S/C16H25N3/c1-4-14-9-16(19-11(3)18-14)17-10(2)15-8-12-5-6-13(15)7-12/h9-10,12-13,15H,4-8H2,1-3H3,(H,17,18,19). The molecule has 3 rings (SSSR count). The van der Waals surface area contributed by atoms with Crippen LogP contribution in [0.4, 0.5) is 5.82 Å². The largest absolute Gasteiger partial charge is 0.367 e. The van der Waals surface area contributed by atoms with Crippen molar-refractivity contribution >= 4 is 5.82 Å². The molecule has 2 fully saturated rings. The van der Waals surface area contributed by atoms with E-state index >= 15 is 0 Å². The van der Waals surface area contributed by atoms with Gasteiger partial charge in [0.2, 0.25) is 0 Å². The summed E-state index contributed by atoms with van der Waals surface area (Å²) >= 11 is 0. The Morgan fingerprint density at radius 3 is 2.79 bits per heavy atom. The molecule has 3 nitrogen and oxygen atoms in total. The van der Waals surface area contributed by atoms with Crippen molar-refractivity contribution in [1.29, 1.82) is 0 Å². The zero-order valence-corrected chi connectivity index (χ0v) is 12.3. The van der Waals surface area contributed by atoms with Crippen LogP contribution in [0, 0.1) is 24.7 Å². The van der Waals surface area contributed by atoms with Crippen molar-refractivity contribution in [2.75, 3.05) is 5.32 Å². The van der Waals surface area contributed by atoms with Crippen LogP contribution in [0.2, 0.25) is 0 Å². The number of fused-ring (bicyclic) bond motifs is 2. The predicted molar refractivity (Wildman–Crippen MR) is 78.2 cm³/mol. The summed E-state index contributed by atoms with van der Waals surface area (Å²) in [6.45, 7) is 6.45. The predicted octanol–water partition coefficient (Wildman–Crippen LogP) is 3.58. The zero-order valence-electron chi connectivity index (χ0n) is 12.3. The van der Waals surface area contributed by atoms with Crippen LogP contribution in [-0.2, 0) is 6.42 Å². The van der Waals surface area contributed by atoms with Crippen molar-refractivity contribution in [3.63, 3.8) is 0 Å². The number of anilines is 1. The lowest BCUT2D eigenvalue weighted by Gasteiger charge is -2.29. The van der Waals surface area contributed by atoms with E-state index in [1.807, 2.05) is 6.92 Å². The maximum absolute atomic E-state index is 4.53. The summed E-state index contributed by atoms with van der Waals surface area (Å²) in [4.78, 5) is 8.98. The molecule has 0 saturated heterocycles. The third-order valence-corrected chi connectivity index (χ3v) is 5.06. The van der Waals surface area contributed by atoms with Crippen LogP contribution in [0.1, 0.15) is 51.0 Å². The highest BCUT2D eigenvalue weighted by Gasteiger charge is 2.41. The fourth-order valence-corrected chi connectivity index (χ4v) is 4.13. The van der Waals surface area contributed by atoms with E-state index in [1.165, 1.54) is 25.7 Å². The molecule has 4 unspecified atom stereocenters. The highest BCUT2D eigenvalue weighted by molar-refractivity contribution is 5.37. The molecule has 1 N–H and O–H groups in total. The number of rotatable bonds is 4. The summed E-state index contributed by atoms with van der Waals surface area (Å²) in [5.41, 5.74) is 1.13. The molecule has 2 aliphatic carbocycles. The molecule has 1 aromatic heterocycles. The summed E-state index contributed by atoms with van der Waals surface area (Å²) in [7, 11) is 0. The first-order valence-electron chi connectivity index (χ1n) is 7.76. The molecule has 2 saturated carbocycles. The van der Waals surface area contributed by atoms with E-state index in [4.69, 9.17) is 0 Å². The minimum absolute atomic E-state index is 0.536. The molecule has 19 heavy (non-hydrogen) atoms. The molecule has 0 amide bonds. The first-order valence-corrected chi connectivity index (χ1v) is 7.76. The monoisotopic (exact) mass is 259 g/mol. The lowest BCUT2D eigenvalue weighted by molar-refractivity contribution is 0.304. The molecule has 2 aliphatic rings. The highest BCUT2D eigenvalue weighted by Crippen LogP contribution is 2.49. The molecular weight excluding hydrogens is 234 g/mol. The van der Waals surface area contributed by atoms with Crippen molar-refractivity contribution in [3.8, 4) is 0 Å². The van der Waals surface area contributed by atoms with Crippen molar-refractivity contribution < 1.29 is 0 Å². The van der Waals surface area contributed by atoms with E-state index in [0.29, 0.717) is 6.04 Å². The Hall–Kier alpha value is -1.12. The van der Waals surface area contributed by atoms with Crippen LogP contribution in [0.5, 0.6) is 0 Å². The molecule has 0 aromatic carbocycles. The number of hydrogen-bond donors (Lipinski definition) is 1. The summed E-state index contributed by atoms with van der Waals surface area (Å²) in [6.07, 6.45) is 6.79. The van der Waals surface area contributed by atoms with E-state index < -0.39 is 0 Å². The first kappa shape index (κ1) is 12.9. The van der Waals surface area contributed by atoms with Gasteiger partial charge in [-0.05, 0) is 57.3 Å². The van der Waals surface area contributed by atoms with E-state index in [0.717, 1.165) is 41.5 Å². The van der Waals surface area contributed by atoms with Crippen LogP contribution in [0.25, 0.3) is 0 Å². The second kappa shape index (κ2) is 5.10. The van der Waals surface area contributed by atoms with E-state index in [9.17, 15) is 0 Å². The van der Waals surface area contributed by atoms with Gasteiger partial charge in [0.05, 0.1) is 0 Å². The number of aromatic nitrogens is 2. The lowest BCUT2D eigenvalue weighted by Crippen LogP contribution is -2.30. The first-order chi connectivity index (χ1) is 9.15. The molecule has 0 spiro atoms. The molecular formula is C16H25N3. The fourth-order valence-electron chi connectivity index (χ4n) is 4.13. The Balaban J connectivity index is 1.69. The maximum Gasteiger partial charge on any atom is 0.130 e. The topological polar surface area (TPSA) is 37.8 Å². The molecule has 4 atom stereocenters. The quantitative estimate of drug-likeness (QED) is 0.898. The van der Waals surface area contributed by atoms with Gasteiger partial charge in [-0.25, -0.2) is 9.97 Å². The van der Waals surface area contributed by atoms with Gasteiger partial charge in [0.15, 0.2) is 0 Å². The smallest absolute Gasteiger partial charge is 0.130 e. The molecule has 0 radical (unpaired) electrons. The number of aryl methyl sites for hydroxylation is 2. The van der Waals surface area contributed by atoms with Crippen LogP contribution in [-0.4, -0.2) is 16.0 Å². The van der Waals surface area contributed by atoms with Gasteiger partial charge in [0.1, 0.15) is 11.6 Å². The van der Waals surface area contributed by atoms with Crippen LogP contribution < -0.4 is 5.32 Å². The number of hydrogen-bond acceptors (Lipinski definition) is 3. The van der Waals surface area contributed by atoms with Gasteiger partial charge in [-0.2, -0.15) is 0 Å². The Morgan fingerprint density at radius 1 is 1.32 bits per heavy atom. The second-order valence-corrected chi connectivity index (χ2v) is 6.42. The maximum atomic E-state index is 4.53. The average molecular weight is 259 g/mol. The van der Waals surface area contributed by atoms with Crippen LogP contribution >= 0.6 is 0 Å². The van der Waals surface area contributed by atoms with Crippen LogP contribution in [0.3, 0.4) is 0 Å². The van der Waals surface area contributed by atoms with Gasteiger partial charge >= 0.3 is 0 Å². The summed E-state index contributed by atoms with van der Waals surface area (Å²) in [5.74, 6) is 4.71.